The SMILES string of the molecule is CCCc1cc(-c2ccc(O)cc2)cc(CCC)c1O. The average Bonchev–Trinajstić information content (AvgIpc) is 2.44. The van der Waals surface area contributed by atoms with Crippen LogP contribution in [0.25, 0.3) is 11.1 Å². The smallest absolute Gasteiger partial charge is 0.121 e. The van der Waals surface area contributed by atoms with Gasteiger partial charge in [0.15, 0.2) is 0 Å². The van der Waals surface area contributed by atoms with Crippen molar-refractivity contribution in [3.8, 4) is 22.6 Å². The molecule has 0 heterocycles. The Morgan fingerprint density at radius 3 is 1.70 bits per heavy atom. The van der Waals surface area contributed by atoms with Crippen LogP contribution in [0.3, 0.4) is 0 Å². The second-order valence-corrected chi connectivity index (χ2v) is 5.19. The molecule has 0 unspecified atom stereocenters. The minimum atomic E-state index is 0.273. The summed E-state index contributed by atoms with van der Waals surface area (Å²) >= 11 is 0. The van der Waals surface area contributed by atoms with Crippen LogP contribution in [0.2, 0.25) is 0 Å². The molecule has 0 aliphatic carbocycles. The Morgan fingerprint density at radius 2 is 1.25 bits per heavy atom. The Morgan fingerprint density at radius 1 is 0.750 bits per heavy atom. The first-order chi connectivity index (χ1) is 9.65. The average molecular weight is 270 g/mol. The Labute approximate surface area is 120 Å². The van der Waals surface area contributed by atoms with E-state index in [4.69, 9.17) is 0 Å². The van der Waals surface area contributed by atoms with E-state index < -0.39 is 0 Å². The quantitative estimate of drug-likeness (QED) is 0.828. The van der Waals surface area contributed by atoms with Crippen molar-refractivity contribution in [3.63, 3.8) is 0 Å². The van der Waals surface area contributed by atoms with Gasteiger partial charge in [-0.1, -0.05) is 38.8 Å². The number of aromatic hydroxyl groups is 2. The molecule has 0 saturated heterocycles. The molecule has 2 N–H and O–H groups in total. The van der Waals surface area contributed by atoms with Crippen LogP contribution in [-0.4, -0.2) is 10.2 Å². The summed E-state index contributed by atoms with van der Waals surface area (Å²) in [7, 11) is 0. The second-order valence-electron chi connectivity index (χ2n) is 5.19. The number of hydrogen-bond acceptors (Lipinski definition) is 2. The third-order valence-electron chi connectivity index (χ3n) is 3.51. The van der Waals surface area contributed by atoms with Gasteiger partial charge in [-0.05, 0) is 59.4 Å². The van der Waals surface area contributed by atoms with Crippen molar-refractivity contribution in [2.45, 2.75) is 39.5 Å². The van der Waals surface area contributed by atoms with Crippen LogP contribution in [0.4, 0.5) is 0 Å². The highest BCUT2D eigenvalue weighted by molar-refractivity contribution is 5.68. The van der Waals surface area contributed by atoms with E-state index in [9.17, 15) is 10.2 Å². The molecule has 2 heteroatoms. The zero-order valence-electron chi connectivity index (χ0n) is 12.2. The molecule has 0 radical (unpaired) electrons. The predicted molar refractivity (Wildman–Crippen MR) is 83.2 cm³/mol. The number of phenols is 2. The maximum absolute atomic E-state index is 10.3. The second kappa shape index (κ2) is 6.47. The third kappa shape index (κ3) is 3.13. The minimum Gasteiger partial charge on any atom is -0.508 e. The molecule has 2 aromatic rings. The molecule has 20 heavy (non-hydrogen) atoms. The number of rotatable bonds is 5. The van der Waals surface area contributed by atoms with Crippen molar-refractivity contribution < 1.29 is 10.2 Å². The summed E-state index contributed by atoms with van der Waals surface area (Å²) in [5, 5.41) is 19.7. The molecule has 0 bridgehead atoms. The number of phenolic OH excluding ortho intramolecular Hbond substituents is 2. The first kappa shape index (κ1) is 14.4. The predicted octanol–water partition coefficient (Wildman–Crippen LogP) is 4.67. The van der Waals surface area contributed by atoms with Crippen LogP contribution in [0.15, 0.2) is 36.4 Å². The van der Waals surface area contributed by atoms with Gasteiger partial charge in [-0.25, -0.2) is 0 Å². The van der Waals surface area contributed by atoms with E-state index in [0.717, 1.165) is 47.9 Å². The Kier molecular flexibility index (Phi) is 4.67. The summed E-state index contributed by atoms with van der Waals surface area (Å²) < 4.78 is 0. The Balaban J connectivity index is 2.49. The molecule has 0 fully saturated rings. The third-order valence-corrected chi connectivity index (χ3v) is 3.51. The molecular weight excluding hydrogens is 248 g/mol. The van der Waals surface area contributed by atoms with E-state index in [1.54, 1.807) is 12.1 Å². The first-order valence-electron chi connectivity index (χ1n) is 7.29. The maximum atomic E-state index is 10.3. The van der Waals surface area contributed by atoms with Gasteiger partial charge in [-0.3, -0.25) is 0 Å². The lowest BCUT2D eigenvalue weighted by Gasteiger charge is -2.13. The van der Waals surface area contributed by atoms with Crippen molar-refractivity contribution in [1.29, 1.82) is 0 Å². The molecule has 2 nitrogen and oxygen atoms in total. The molecular formula is C18H22O2. The molecule has 0 spiro atoms. The first-order valence-corrected chi connectivity index (χ1v) is 7.29. The zero-order valence-corrected chi connectivity index (χ0v) is 12.2. The Bertz CT molecular complexity index is 543. The fraction of sp³-hybridized carbons (Fsp3) is 0.333. The van der Waals surface area contributed by atoms with Gasteiger partial charge in [-0.15, -0.1) is 0 Å². The normalized spacial score (nSPS) is 10.7. The highest BCUT2D eigenvalue weighted by atomic mass is 16.3. The molecule has 106 valence electrons. The molecule has 2 aromatic carbocycles. The van der Waals surface area contributed by atoms with Crippen LogP contribution in [-0.2, 0) is 12.8 Å². The molecule has 0 aromatic heterocycles. The molecule has 0 saturated carbocycles. The summed E-state index contributed by atoms with van der Waals surface area (Å²) in [6, 6.07) is 11.3. The standard InChI is InChI=1S/C18H22O2/c1-3-5-14-11-16(12-15(6-4-2)18(14)20)13-7-9-17(19)10-8-13/h7-12,19-20H,3-6H2,1-2H3. The van der Waals surface area contributed by atoms with E-state index in [2.05, 4.69) is 26.0 Å². The van der Waals surface area contributed by atoms with Gasteiger partial charge in [0.25, 0.3) is 0 Å². The van der Waals surface area contributed by atoms with Crippen molar-refractivity contribution >= 4 is 0 Å². The maximum Gasteiger partial charge on any atom is 0.121 e. The highest BCUT2D eigenvalue weighted by Crippen LogP contribution is 2.32. The van der Waals surface area contributed by atoms with Crippen molar-refractivity contribution in [2.75, 3.05) is 0 Å². The van der Waals surface area contributed by atoms with Gasteiger partial charge in [0, 0.05) is 0 Å². The molecule has 2 rings (SSSR count). The van der Waals surface area contributed by atoms with E-state index in [1.165, 1.54) is 0 Å². The minimum absolute atomic E-state index is 0.273. The van der Waals surface area contributed by atoms with E-state index in [0.29, 0.717) is 5.75 Å². The summed E-state index contributed by atoms with van der Waals surface area (Å²) in [6.45, 7) is 4.23. The molecule has 0 atom stereocenters. The Hall–Kier alpha value is -1.96. The summed E-state index contributed by atoms with van der Waals surface area (Å²) in [4.78, 5) is 0. The highest BCUT2D eigenvalue weighted by Gasteiger charge is 2.10. The van der Waals surface area contributed by atoms with Crippen molar-refractivity contribution in [3.05, 3.63) is 47.5 Å². The summed E-state index contributed by atoms with van der Waals surface area (Å²) in [6.07, 6.45) is 3.79. The topological polar surface area (TPSA) is 40.5 Å². The van der Waals surface area contributed by atoms with Crippen LogP contribution >= 0.6 is 0 Å². The van der Waals surface area contributed by atoms with Crippen LogP contribution in [0.5, 0.6) is 11.5 Å². The van der Waals surface area contributed by atoms with E-state index >= 15 is 0 Å². The van der Waals surface area contributed by atoms with Gasteiger partial charge in [0.2, 0.25) is 0 Å². The summed E-state index contributed by atoms with van der Waals surface area (Å²) in [5.74, 6) is 0.728. The number of benzene rings is 2. The van der Waals surface area contributed by atoms with Gasteiger partial charge in [0.05, 0.1) is 0 Å². The van der Waals surface area contributed by atoms with Crippen molar-refractivity contribution in [1.82, 2.24) is 0 Å². The van der Waals surface area contributed by atoms with Crippen LogP contribution < -0.4 is 0 Å². The van der Waals surface area contributed by atoms with Crippen molar-refractivity contribution in [2.24, 2.45) is 0 Å². The summed E-state index contributed by atoms with van der Waals surface area (Å²) in [5.41, 5.74) is 4.20. The number of hydrogen-bond donors (Lipinski definition) is 2. The monoisotopic (exact) mass is 270 g/mol. The molecule has 0 aliphatic heterocycles. The fourth-order valence-corrected chi connectivity index (χ4v) is 2.50. The van der Waals surface area contributed by atoms with E-state index in [-0.39, 0.29) is 5.75 Å². The van der Waals surface area contributed by atoms with Gasteiger partial charge < -0.3 is 10.2 Å². The van der Waals surface area contributed by atoms with Gasteiger partial charge >= 0.3 is 0 Å². The largest absolute Gasteiger partial charge is 0.508 e. The number of aryl methyl sites for hydroxylation is 2. The van der Waals surface area contributed by atoms with Crippen LogP contribution in [0.1, 0.15) is 37.8 Å². The molecule has 0 amide bonds. The van der Waals surface area contributed by atoms with Gasteiger partial charge in [0.1, 0.15) is 11.5 Å². The molecule has 0 aliphatic rings. The fourth-order valence-electron chi connectivity index (χ4n) is 2.50. The lowest BCUT2D eigenvalue weighted by atomic mass is 9.95. The zero-order chi connectivity index (χ0) is 14.5. The van der Waals surface area contributed by atoms with Crippen LogP contribution in [0, 0.1) is 0 Å². The lowest BCUT2D eigenvalue weighted by molar-refractivity contribution is 0.460. The van der Waals surface area contributed by atoms with Gasteiger partial charge in [-0.2, -0.15) is 0 Å². The van der Waals surface area contributed by atoms with E-state index in [1.807, 2.05) is 12.1 Å². The lowest BCUT2D eigenvalue weighted by Crippen LogP contribution is -1.93.